The standard InChI is InChI=1S/C25H22N4O2/c1-2-31-21-14-13-20(24(30)15-21)17-26-29-25-27-22(18-9-5-3-6-10-18)16-23(28-25)19-11-7-4-8-12-19/h3-17,30H,2H2,1H3,(H,27,28,29). The SMILES string of the molecule is CCOc1ccc(C=NNc2nc(-c3ccccc3)cc(-c3ccccc3)n2)c(O)c1. The Bertz CT molecular complexity index is 1120. The Balaban J connectivity index is 1.62. The number of aromatic hydroxyl groups is 1. The van der Waals surface area contributed by atoms with Gasteiger partial charge in [0.1, 0.15) is 11.5 Å². The summed E-state index contributed by atoms with van der Waals surface area (Å²) < 4.78 is 5.39. The average Bonchev–Trinajstić information content (AvgIpc) is 2.82. The highest BCUT2D eigenvalue weighted by Gasteiger charge is 2.08. The van der Waals surface area contributed by atoms with Crippen LogP contribution in [0.25, 0.3) is 22.5 Å². The monoisotopic (exact) mass is 410 g/mol. The quantitative estimate of drug-likeness (QED) is 0.317. The van der Waals surface area contributed by atoms with E-state index in [4.69, 9.17) is 4.74 Å². The van der Waals surface area contributed by atoms with E-state index in [1.807, 2.05) is 73.7 Å². The molecule has 0 unspecified atom stereocenters. The van der Waals surface area contributed by atoms with Crippen molar-refractivity contribution < 1.29 is 9.84 Å². The Morgan fingerprint density at radius 1 is 0.871 bits per heavy atom. The van der Waals surface area contributed by atoms with Gasteiger partial charge in [-0.2, -0.15) is 5.10 Å². The summed E-state index contributed by atoms with van der Waals surface area (Å²) in [6, 6.07) is 26.9. The molecule has 2 N–H and O–H groups in total. The smallest absolute Gasteiger partial charge is 0.244 e. The van der Waals surface area contributed by atoms with Crippen LogP contribution in [0.4, 0.5) is 5.95 Å². The molecule has 31 heavy (non-hydrogen) atoms. The normalized spacial score (nSPS) is 10.9. The molecular weight excluding hydrogens is 388 g/mol. The minimum absolute atomic E-state index is 0.0837. The molecule has 0 atom stereocenters. The topological polar surface area (TPSA) is 79.6 Å². The van der Waals surface area contributed by atoms with E-state index in [0.717, 1.165) is 22.5 Å². The zero-order valence-electron chi connectivity index (χ0n) is 17.1. The highest BCUT2D eigenvalue weighted by molar-refractivity contribution is 5.84. The molecule has 6 heteroatoms. The minimum atomic E-state index is 0.0837. The fraction of sp³-hybridized carbons (Fsp3) is 0.0800. The number of phenolic OH excluding ortho intramolecular Hbond substituents is 1. The molecule has 0 bridgehead atoms. The lowest BCUT2D eigenvalue weighted by atomic mass is 10.1. The zero-order chi connectivity index (χ0) is 21.5. The largest absolute Gasteiger partial charge is 0.507 e. The maximum absolute atomic E-state index is 10.2. The molecule has 0 aliphatic carbocycles. The maximum atomic E-state index is 10.2. The van der Waals surface area contributed by atoms with Gasteiger partial charge in [-0.05, 0) is 25.1 Å². The molecule has 0 aliphatic rings. The third kappa shape index (κ3) is 5.05. The minimum Gasteiger partial charge on any atom is -0.507 e. The van der Waals surface area contributed by atoms with Gasteiger partial charge in [-0.3, -0.25) is 0 Å². The molecule has 0 radical (unpaired) electrons. The van der Waals surface area contributed by atoms with Gasteiger partial charge in [-0.25, -0.2) is 15.4 Å². The zero-order valence-corrected chi connectivity index (χ0v) is 17.1. The number of anilines is 1. The Kier molecular flexibility index (Phi) is 6.18. The van der Waals surface area contributed by atoms with Crippen molar-refractivity contribution in [3.8, 4) is 34.0 Å². The van der Waals surface area contributed by atoms with E-state index in [-0.39, 0.29) is 5.75 Å². The van der Waals surface area contributed by atoms with Crippen molar-refractivity contribution in [2.24, 2.45) is 5.10 Å². The van der Waals surface area contributed by atoms with Crippen LogP contribution in [-0.4, -0.2) is 27.9 Å². The van der Waals surface area contributed by atoms with Crippen LogP contribution in [0, 0.1) is 0 Å². The van der Waals surface area contributed by atoms with Crippen molar-refractivity contribution in [1.82, 2.24) is 9.97 Å². The van der Waals surface area contributed by atoms with Crippen LogP contribution in [-0.2, 0) is 0 Å². The first-order valence-corrected chi connectivity index (χ1v) is 9.98. The molecule has 0 amide bonds. The first-order chi connectivity index (χ1) is 15.2. The van der Waals surface area contributed by atoms with Gasteiger partial charge in [0.25, 0.3) is 0 Å². The molecule has 0 saturated heterocycles. The van der Waals surface area contributed by atoms with E-state index in [1.54, 1.807) is 18.2 Å². The average molecular weight is 410 g/mol. The van der Waals surface area contributed by atoms with Crippen molar-refractivity contribution in [1.29, 1.82) is 0 Å². The highest BCUT2D eigenvalue weighted by atomic mass is 16.5. The Labute approximate surface area is 180 Å². The van der Waals surface area contributed by atoms with E-state index in [9.17, 15) is 5.11 Å². The molecule has 0 saturated carbocycles. The van der Waals surface area contributed by atoms with Gasteiger partial charge in [0.05, 0.1) is 24.2 Å². The number of hydrogen-bond acceptors (Lipinski definition) is 6. The van der Waals surface area contributed by atoms with Gasteiger partial charge < -0.3 is 9.84 Å². The summed E-state index contributed by atoms with van der Waals surface area (Å²) in [5, 5.41) is 14.4. The predicted molar refractivity (Wildman–Crippen MR) is 123 cm³/mol. The van der Waals surface area contributed by atoms with Gasteiger partial charge in [-0.15, -0.1) is 0 Å². The van der Waals surface area contributed by atoms with E-state index >= 15 is 0 Å². The lowest BCUT2D eigenvalue weighted by molar-refractivity contribution is 0.337. The number of benzene rings is 3. The van der Waals surface area contributed by atoms with Crippen LogP contribution in [0.5, 0.6) is 11.5 Å². The van der Waals surface area contributed by atoms with E-state index < -0.39 is 0 Å². The summed E-state index contributed by atoms with van der Waals surface area (Å²) in [5.74, 6) is 1.05. The second-order valence-electron chi connectivity index (χ2n) is 6.72. The number of rotatable bonds is 7. The molecule has 0 fully saturated rings. The predicted octanol–water partition coefficient (Wildman–Crippen LogP) is 5.36. The van der Waals surface area contributed by atoms with Crippen LogP contribution >= 0.6 is 0 Å². The van der Waals surface area contributed by atoms with Gasteiger partial charge >= 0.3 is 0 Å². The molecule has 4 rings (SSSR count). The molecule has 0 spiro atoms. The third-order valence-corrected chi connectivity index (χ3v) is 4.55. The summed E-state index contributed by atoms with van der Waals surface area (Å²) in [7, 11) is 0. The van der Waals surface area contributed by atoms with E-state index in [0.29, 0.717) is 23.9 Å². The number of nitrogens with zero attached hydrogens (tertiary/aromatic N) is 3. The number of aromatic nitrogens is 2. The maximum Gasteiger partial charge on any atom is 0.244 e. The van der Waals surface area contributed by atoms with E-state index in [1.165, 1.54) is 6.21 Å². The lowest BCUT2D eigenvalue weighted by Gasteiger charge is -2.08. The molecular formula is C25H22N4O2. The van der Waals surface area contributed by atoms with Crippen LogP contribution in [0.2, 0.25) is 0 Å². The molecule has 4 aromatic rings. The Morgan fingerprint density at radius 3 is 2.03 bits per heavy atom. The van der Waals surface area contributed by atoms with Crippen molar-refractivity contribution in [3.63, 3.8) is 0 Å². The van der Waals surface area contributed by atoms with Crippen molar-refractivity contribution >= 4 is 12.2 Å². The molecule has 3 aromatic carbocycles. The summed E-state index contributed by atoms with van der Waals surface area (Å²) in [6.45, 7) is 2.43. The van der Waals surface area contributed by atoms with Gasteiger partial charge in [0.15, 0.2) is 0 Å². The number of hydrazone groups is 1. The second-order valence-corrected chi connectivity index (χ2v) is 6.72. The molecule has 1 heterocycles. The number of ether oxygens (including phenoxy) is 1. The van der Waals surface area contributed by atoms with Crippen molar-refractivity contribution in [2.75, 3.05) is 12.0 Å². The lowest BCUT2D eigenvalue weighted by Crippen LogP contribution is -2.00. The Hall–Kier alpha value is -4.19. The first-order valence-electron chi connectivity index (χ1n) is 9.98. The first kappa shape index (κ1) is 20.1. The van der Waals surface area contributed by atoms with Crippen LogP contribution < -0.4 is 10.2 Å². The highest BCUT2D eigenvalue weighted by Crippen LogP contribution is 2.25. The van der Waals surface area contributed by atoms with Crippen molar-refractivity contribution in [3.05, 3.63) is 90.5 Å². The molecule has 6 nitrogen and oxygen atoms in total. The summed E-state index contributed by atoms with van der Waals surface area (Å²) >= 11 is 0. The summed E-state index contributed by atoms with van der Waals surface area (Å²) in [4.78, 5) is 9.21. The van der Waals surface area contributed by atoms with Gasteiger partial charge in [0.2, 0.25) is 5.95 Å². The number of nitrogens with one attached hydrogen (secondary N) is 1. The van der Waals surface area contributed by atoms with Gasteiger partial charge in [-0.1, -0.05) is 60.7 Å². The van der Waals surface area contributed by atoms with E-state index in [2.05, 4.69) is 20.5 Å². The molecule has 0 aliphatic heterocycles. The summed E-state index contributed by atoms with van der Waals surface area (Å²) in [5.41, 5.74) is 6.98. The Morgan fingerprint density at radius 2 is 1.48 bits per heavy atom. The molecule has 1 aromatic heterocycles. The van der Waals surface area contributed by atoms with Gasteiger partial charge in [0, 0.05) is 22.8 Å². The van der Waals surface area contributed by atoms with Crippen LogP contribution in [0.15, 0.2) is 90.0 Å². The fourth-order valence-corrected chi connectivity index (χ4v) is 3.06. The number of phenols is 1. The van der Waals surface area contributed by atoms with Crippen molar-refractivity contribution in [2.45, 2.75) is 6.92 Å². The number of hydrogen-bond donors (Lipinski definition) is 2. The van der Waals surface area contributed by atoms with Crippen LogP contribution in [0.3, 0.4) is 0 Å². The second kappa shape index (κ2) is 9.54. The summed E-state index contributed by atoms with van der Waals surface area (Å²) in [6.07, 6.45) is 1.52. The fourth-order valence-electron chi connectivity index (χ4n) is 3.06. The molecule has 154 valence electrons. The third-order valence-electron chi connectivity index (χ3n) is 4.55. The van der Waals surface area contributed by atoms with Crippen LogP contribution in [0.1, 0.15) is 12.5 Å².